The van der Waals surface area contributed by atoms with E-state index in [2.05, 4.69) is 5.32 Å². The van der Waals surface area contributed by atoms with Crippen LogP contribution in [0.15, 0.2) is 24.3 Å². The molecule has 0 heterocycles. The molecular formula is C14H19ClN2O2. The van der Waals surface area contributed by atoms with Crippen molar-refractivity contribution in [2.24, 2.45) is 5.73 Å². The SMILES string of the molecule is NC1CCC(OCC(=O)Nc2cccc(Cl)c2)CC1. The molecule has 0 aliphatic heterocycles. The van der Waals surface area contributed by atoms with E-state index >= 15 is 0 Å². The summed E-state index contributed by atoms with van der Waals surface area (Å²) in [6, 6.07) is 7.35. The van der Waals surface area contributed by atoms with E-state index < -0.39 is 0 Å². The molecule has 1 aliphatic carbocycles. The van der Waals surface area contributed by atoms with Crippen molar-refractivity contribution in [1.29, 1.82) is 0 Å². The van der Waals surface area contributed by atoms with Gasteiger partial charge in [0.25, 0.3) is 0 Å². The summed E-state index contributed by atoms with van der Waals surface area (Å²) in [5, 5.41) is 3.36. The quantitative estimate of drug-likeness (QED) is 0.892. The molecule has 1 aromatic rings. The zero-order valence-corrected chi connectivity index (χ0v) is 11.5. The van der Waals surface area contributed by atoms with Crippen LogP contribution >= 0.6 is 11.6 Å². The van der Waals surface area contributed by atoms with Crippen molar-refractivity contribution >= 4 is 23.2 Å². The van der Waals surface area contributed by atoms with Gasteiger partial charge in [0.2, 0.25) is 5.91 Å². The third-order valence-electron chi connectivity index (χ3n) is 3.28. The van der Waals surface area contributed by atoms with Crippen molar-refractivity contribution in [1.82, 2.24) is 0 Å². The molecule has 1 saturated carbocycles. The molecule has 4 nitrogen and oxygen atoms in total. The molecule has 0 spiro atoms. The van der Waals surface area contributed by atoms with E-state index in [1.807, 2.05) is 0 Å². The summed E-state index contributed by atoms with van der Waals surface area (Å²) >= 11 is 5.85. The van der Waals surface area contributed by atoms with Gasteiger partial charge in [-0.2, -0.15) is 0 Å². The van der Waals surface area contributed by atoms with Crippen molar-refractivity contribution in [2.45, 2.75) is 37.8 Å². The summed E-state index contributed by atoms with van der Waals surface area (Å²) in [6.07, 6.45) is 3.98. The van der Waals surface area contributed by atoms with Gasteiger partial charge >= 0.3 is 0 Å². The summed E-state index contributed by atoms with van der Waals surface area (Å²) in [6.45, 7) is 0.0758. The van der Waals surface area contributed by atoms with Gasteiger partial charge in [-0.1, -0.05) is 17.7 Å². The molecule has 1 amide bonds. The number of nitrogens with two attached hydrogens (primary N) is 1. The Kier molecular flexibility index (Phi) is 5.19. The molecule has 0 saturated heterocycles. The van der Waals surface area contributed by atoms with Crippen molar-refractivity contribution in [2.75, 3.05) is 11.9 Å². The maximum Gasteiger partial charge on any atom is 0.250 e. The lowest BCUT2D eigenvalue weighted by atomic mass is 9.94. The van der Waals surface area contributed by atoms with Crippen LogP contribution in [-0.4, -0.2) is 24.7 Å². The van der Waals surface area contributed by atoms with Gasteiger partial charge in [-0.15, -0.1) is 0 Å². The van der Waals surface area contributed by atoms with Gasteiger partial charge in [0, 0.05) is 16.8 Å². The first-order valence-electron chi connectivity index (χ1n) is 6.56. The molecule has 1 aromatic carbocycles. The Labute approximate surface area is 118 Å². The molecule has 3 N–H and O–H groups in total. The van der Waals surface area contributed by atoms with Crippen molar-refractivity contribution in [3.63, 3.8) is 0 Å². The molecule has 19 heavy (non-hydrogen) atoms. The van der Waals surface area contributed by atoms with E-state index in [1.165, 1.54) is 0 Å². The maximum atomic E-state index is 11.7. The average Bonchev–Trinajstić information content (AvgIpc) is 2.38. The number of carbonyl (C=O) groups excluding carboxylic acids is 1. The molecule has 0 bridgehead atoms. The van der Waals surface area contributed by atoms with Crippen molar-refractivity contribution in [3.05, 3.63) is 29.3 Å². The Morgan fingerprint density at radius 1 is 1.37 bits per heavy atom. The first kappa shape index (κ1) is 14.3. The van der Waals surface area contributed by atoms with E-state index in [0.717, 1.165) is 25.7 Å². The molecule has 2 rings (SSSR count). The van der Waals surface area contributed by atoms with E-state index in [0.29, 0.717) is 16.8 Å². The molecule has 0 aromatic heterocycles. The van der Waals surface area contributed by atoms with Crippen LogP contribution in [0.2, 0.25) is 5.02 Å². The number of carbonyl (C=O) groups is 1. The summed E-state index contributed by atoms with van der Waals surface area (Å²) in [5.41, 5.74) is 6.51. The minimum atomic E-state index is -0.155. The fourth-order valence-electron chi connectivity index (χ4n) is 2.21. The summed E-state index contributed by atoms with van der Waals surface area (Å²) in [5.74, 6) is -0.155. The van der Waals surface area contributed by atoms with Crippen molar-refractivity contribution < 1.29 is 9.53 Å². The van der Waals surface area contributed by atoms with Gasteiger partial charge in [-0.25, -0.2) is 0 Å². The lowest BCUT2D eigenvalue weighted by Crippen LogP contribution is -2.32. The van der Waals surface area contributed by atoms with Crippen LogP contribution in [0.5, 0.6) is 0 Å². The average molecular weight is 283 g/mol. The predicted molar refractivity (Wildman–Crippen MR) is 76.3 cm³/mol. The second-order valence-corrected chi connectivity index (χ2v) is 5.34. The van der Waals surface area contributed by atoms with E-state index in [4.69, 9.17) is 22.1 Å². The molecule has 104 valence electrons. The third kappa shape index (κ3) is 4.82. The third-order valence-corrected chi connectivity index (χ3v) is 3.51. The Morgan fingerprint density at radius 2 is 2.11 bits per heavy atom. The summed E-state index contributed by atoms with van der Waals surface area (Å²) < 4.78 is 5.59. The van der Waals surface area contributed by atoms with Crippen LogP contribution in [0.4, 0.5) is 5.69 Å². The summed E-state index contributed by atoms with van der Waals surface area (Å²) in [7, 11) is 0. The molecule has 1 fully saturated rings. The fraction of sp³-hybridized carbons (Fsp3) is 0.500. The fourth-order valence-corrected chi connectivity index (χ4v) is 2.40. The zero-order valence-electron chi connectivity index (χ0n) is 10.8. The van der Waals surface area contributed by atoms with Crippen LogP contribution in [0.3, 0.4) is 0 Å². The smallest absolute Gasteiger partial charge is 0.250 e. The standard InChI is InChI=1S/C14H19ClN2O2/c15-10-2-1-3-12(8-10)17-14(18)9-19-13-6-4-11(16)5-7-13/h1-3,8,11,13H,4-7,9,16H2,(H,17,18). The number of anilines is 1. The lowest BCUT2D eigenvalue weighted by Gasteiger charge is -2.25. The van der Waals surface area contributed by atoms with Crippen LogP contribution < -0.4 is 11.1 Å². The normalized spacial score (nSPS) is 23.1. The van der Waals surface area contributed by atoms with E-state index in [-0.39, 0.29) is 18.6 Å². The van der Waals surface area contributed by atoms with Gasteiger partial charge in [-0.3, -0.25) is 4.79 Å². The van der Waals surface area contributed by atoms with Crippen LogP contribution in [0.25, 0.3) is 0 Å². The number of amides is 1. The second kappa shape index (κ2) is 6.89. The Bertz CT molecular complexity index is 431. The van der Waals surface area contributed by atoms with Crippen molar-refractivity contribution in [3.8, 4) is 0 Å². The van der Waals surface area contributed by atoms with Gasteiger partial charge in [-0.05, 0) is 43.9 Å². The topological polar surface area (TPSA) is 64.3 Å². The Hall–Kier alpha value is -1.10. The highest BCUT2D eigenvalue weighted by atomic mass is 35.5. The number of halogens is 1. The number of nitrogens with one attached hydrogen (secondary N) is 1. The van der Waals surface area contributed by atoms with E-state index in [1.54, 1.807) is 24.3 Å². The minimum absolute atomic E-state index is 0.0758. The largest absolute Gasteiger partial charge is 0.368 e. The van der Waals surface area contributed by atoms with Gasteiger partial charge < -0.3 is 15.8 Å². The highest BCUT2D eigenvalue weighted by molar-refractivity contribution is 6.30. The number of hydrogen-bond donors (Lipinski definition) is 2. The maximum absolute atomic E-state index is 11.7. The first-order valence-corrected chi connectivity index (χ1v) is 6.94. The molecule has 5 heteroatoms. The highest BCUT2D eigenvalue weighted by Crippen LogP contribution is 2.20. The first-order chi connectivity index (χ1) is 9.13. The molecule has 0 atom stereocenters. The Morgan fingerprint density at radius 3 is 2.79 bits per heavy atom. The number of hydrogen-bond acceptors (Lipinski definition) is 3. The van der Waals surface area contributed by atoms with Crippen LogP contribution in [0, 0.1) is 0 Å². The second-order valence-electron chi connectivity index (χ2n) is 4.91. The van der Waals surface area contributed by atoms with Gasteiger partial charge in [0.05, 0.1) is 6.10 Å². The minimum Gasteiger partial charge on any atom is -0.368 e. The van der Waals surface area contributed by atoms with Crippen LogP contribution in [-0.2, 0) is 9.53 Å². The molecule has 0 unspecified atom stereocenters. The number of ether oxygens (including phenoxy) is 1. The van der Waals surface area contributed by atoms with E-state index in [9.17, 15) is 4.79 Å². The van der Waals surface area contributed by atoms with Crippen LogP contribution in [0.1, 0.15) is 25.7 Å². The molecular weight excluding hydrogens is 264 g/mol. The van der Waals surface area contributed by atoms with Gasteiger partial charge in [0.15, 0.2) is 0 Å². The molecule has 0 radical (unpaired) electrons. The Balaban J connectivity index is 1.73. The summed E-state index contributed by atoms with van der Waals surface area (Å²) in [4.78, 5) is 11.7. The highest BCUT2D eigenvalue weighted by Gasteiger charge is 2.19. The lowest BCUT2D eigenvalue weighted by molar-refractivity contribution is -0.123. The predicted octanol–water partition coefficient (Wildman–Crippen LogP) is 2.57. The zero-order chi connectivity index (χ0) is 13.7. The van der Waals surface area contributed by atoms with Gasteiger partial charge in [0.1, 0.15) is 6.61 Å². The number of rotatable bonds is 4. The monoisotopic (exact) mass is 282 g/mol. The number of benzene rings is 1. The molecule has 1 aliphatic rings.